The molecule has 7 nitrogen and oxygen atoms in total. The first-order valence-electron chi connectivity index (χ1n) is 7.20. The number of benzene rings is 1. The summed E-state index contributed by atoms with van der Waals surface area (Å²) in [7, 11) is 0. The molecule has 24 heavy (non-hydrogen) atoms. The van der Waals surface area contributed by atoms with Crippen molar-refractivity contribution in [2.24, 2.45) is 5.73 Å². The number of amides is 2. The molecule has 0 atom stereocenters. The summed E-state index contributed by atoms with van der Waals surface area (Å²) in [6.07, 6.45) is 4.79. The van der Waals surface area contributed by atoms with E-state index in [-0.39, 0.29) is 0 Å². The van der Waals surface area contributed by atoms with Gasteiger partial charge >= 0.3 is 6.03 Å². The maximum atomic E-state index is 10.9. The van der Waals surface area contributed by atoms with Crippen molar-refractivity contribution < 1.29 is 9.53 Å². The second kappa shape index (κ2) is 6.74. The number of nitrogens with two attached hydrogens (primary N) is 1. The van der Waals surface area contributed by atoms with Crippen molar-refractivity contribution >= 4 is 11.7 Å². The van der Waals surface area contributed by atoms with Crippen LogP contribution in [0.25, 0.3) is 11.3 Å². The van der Waals surface area contributed by atoms with Gasteiger partial charge in [0, 0.05) is 18.1 Å². The van der Waals surface area contributed by atoms with Gasteiger partial charge in [-0.15, -0.1) is 0 Å². The predicted octanol–water partition coefficient (Wildman–Crippen LogP) is 3.13. The highest BCUT2D eigenvalue weighted by atomic mass is 16.5. The average Bonchev–Trinajstić information content (AvgIpc) is 2.58. The number of rotatable bonds is 4. The number of nitrogens with zero attached hydrogens (tertiary/aromatic N) is 3. The Labute approximate surface area is 138 Å². The summed E-state index contributed by atoms with van der Waals surface area (Å²) >= 11 is 0. The van der Waals surface area contributed by atoms with E-state index in [0.717, 1.165) is 16.8 Å². The highest BCUT2D eigenvalue weighted by Gasteiger charge is 2.11. The molecule has 3 N–H and O–H groups in total. The molecule has 3 rings (SSSR count). The molecule has 0 unspecified atom stereocenters. The number of ether oxygens (including phenoxy) is 1. The largest absolute Gasteiger partial charge is 0.438 e. The molecule has 3 aromatic rings. The van der Waals surface area contributed by atoms with Gasteiger partial charge in [0.25, 0.3) is 0 Å². The Balaban J connectivity index is 1.91. The Hall–Kier alpha value is -3.48. The highest BCUT2D eigenvalue weighted by Crippen LogP contribution is 2.32. The highest BCUT2D eigenvalue weighted by molar-refractivity contribution is 5.88. The number of hydrogen-bond donors (Lipinski definition) is 2. The van der Waals surface area contributed by atoms with Crippen LogP contribution in [0, 0.1) is 6.92 Å². The molecule has 0 aliphatic carbocycles. The topological polar surface area (TPSA) is 103 Å². The van der Waals surface area contributed by atoms with E-state index in [2.05, 4.69) is 20.3 Å². The van der Waals surface area contributed by atoms with Gasteiger partial charge in [0.15, 0.2) is 0 Å². The molecular formula is C17H15N5O2. The summed E-state index contributed by atoms with van der Waals surface area (Å²) in [5.74, 6) is 1.06. The Morgan fingerprint density at radius 3 is 2.75 bits per heavy atom. The van der Waals surface area contributed by atoms with Crippen molar-refractivity contribution in [2.45, 2.75) is 6.92 Å². The van der Waals surface area contributed by atoms with Crippen LogP contribution < -0.4 is 15.8 Å². The van der Waals surface area contributed by atoms with Crippen LogP contribution in [0.15, 0.2) is 55.1 Å². The van der Waals surface area contributed by atoms with Gasteiger partial charge in [-0.05, 0) is 48.9 Å². The molecule has 120 valence electrons. The molecule has 0 spiro atoms. The zero-order chi connectivity index (χ0) is 16.9. The van der Waals surface area contributed by atoms with Crippen LogP contribution in [0.1, 0.15) is 5.56 Å². The van der Waals surface area contributed by atoms with Crippen molar-refractivity contribution in [3.8, 4) is 22.9 Å². The van der Waals surface area contributed by atoms with Crippen molar-refractivity contribution in [1.82, 2.24) is 15.0 Å². The third-order valence-electron chi connectivity index (χ3n) is 3.28. The van der Waals surface area contributed by atoms with Gasteiger partial charge in [-0.2, -0.15) is 0 Å². The van der Waals surface area contributed by atoms with Gasteiger partial charge in [-0.3, -0.25) is 0 Å². The third kappa shape index (κ3) is 3.46. The van der Waals surface area contributed by atoms with Gasteiger partial charge in [0.2, 0.25) is 5.88 Å². The Morgan fingerprint density at radius 1 is 1.17 bits per heavy atom. The van der Waals surface area contributed by atoms with Crippen molar-refractivity contribution in [1.29, 1.82) is 0 Å². The summed E-state index contributed by atoms with van der Waals surface area (Å²) in [5.41, 5.74) is 8.04. The van der Waals surface area contributed by atoms with Crippen LogP contribution in [0.3, 0.4) is 0 Å². The third-order valence-corrected chi connectivity index (χ3v) is 3.28. The first-order valence-corrected chi connectivity index (χ1v) is 7.20. The number of aromatic nitrogens is 3. The summed E-state index contributed by atoms with van der Waals surface area (Å²) < 4.78 is 5.94. The monoisotopic (exact) mass is 321 g/mol. The molecule has 2 amide bonds. The number of aryl methyl sites for hydroxylation is 1. The van der Waals surface area contributed by atoms with E-state index >= 15 is 0 Å². The van der Waals surface area contributed by atoms with E-state index in [1.165, 1.54) is 6.33 Å². The fraction of sp³-hybridized carbons (Fsp3) is 0.0588. The van der Waals surface area contributed by atoms with E-state index < -0.39 is 6.03 Å². The van der Waals surface area contributed by atoms with E-state index in [1.807, 2.05) is 19.1 Å². The fourth-order valence-corrected chi connectivity index (χ4v) is 2.21. The number of primary amides is 1. The minimum Gasteiger partial charge on any atom is -0.438 e. The van der Waals surface area contributed by atoms with E-state index in [9.17, 15) is 4.79 Å². The molecule has 0 aliphatic rings. The minimum atomic E-state index is -0.612. The molecule has 0 fully saturated rings. The molecule has 1 aromatic carbocycles. The first-order chi connectivity index (χ1) is 11.6. The van der Waals surface area contributed by atoms with E-state index in [1.54, 1.807) is 36.7 Å². The molecule has 0 saturated carbocycles. The van der Waals surface area contributed by atoms with Crippen LogP contribution >= 0.6 is 0 Å². The molecule has 2 heterocycles. The normalized spacial score (nSPS) is 10.2. The standard InChI is InChI=1S/C17H15N5O2/c1-11-9-12(22-17(18)23)4-5-15(11)24-16-13(3-2-7-20-16)14-6-8-19-10-21-14/h2-10H,1H3,(H3,18,22,23). The lowest BCUT2D eigenvalue weighted by atomic mass is 10.2. The quantitative estimate of drug-likeness (QED) is 0.768. The van der Waals surface area contributed by atoms with E-state index in [4.69, 9.17) is 10.5 Å². The van der Waals surface area contributed by atoms with E-state index in [0.29, 0.717) is 17.3 Å². The second-order valence-electron chi connectivity index (χ2n) is 5.02. The summed E-state index contributed by atoms with van der Waals surface area (Å²) in [6, 6.07) is 10.1. The predicted molar refractivity (Wildman–Crippen MR) is 89.7 cm³/mol. The van der Waals surface area contributed by atoms with Crippen LogP contribution in [0.2, 0.25) is 0 Å². The van der Waals surface area contributed by atoms with Crippen molar-refractivity contribution in [3.63, 3.8) is 0 Å². The van der Waals surface area contributed by atoms with Gasteiger partial charge in [-0.25, -0.2) is 19.7 Å². The number of carbonyl (C=O) groups is 1. The SMILES string of the molecule is Cc1cc(NC(N)=O)ccc1Oc1ncccc1-c1ccncn1. The molecule has 0 saturated heterocycles. The Bertz CT molecular complexity index is 868. The lowest BCUT2D eigenvalue weighted by Crippen LogP contribution is -2.19. The van der Waals surface area contributed by atoms with Gasteiger partial charge in [-0.1, -0.05) is 0 Å². The maximum absolute atomic E-state index is 10.9. The molecular weight excluding hydrogens is 306 g/mol. The summed E-state index contributed by atoms with van der Waals surface area (Å²) in [6.45, 7) is 1.87. The summed E-state index contributed by atoms with van der Waals surface area (Å²) in [4.78, 5) is 23.3. The zero-order valence-electron chi connectivity index (χ0n) is 12.9. The van der Waals surface area contributed by atoms with Crippen molar-refractivity contribution in [3.05, 3.63) is 60.7 Å². The van der Waals surface area contributed by atoms with Crippen molar-refractivity contribution in [2.75, 3.05) is 5.32 Å². The van der Waals surface area contributed by atoms with Crippen LogP contribution in [0.4, 0.5) is 10.5 Å². The van der Waals surface area contributed by atoms with Gasteiger partial charge < -0.3 is 15.8 Å². The fourth-order valence-electron chi connectivity index (χ4n) is 2.21. The lowest BCUT2D eigenvalue weighted by molar-refractivity contribution is 0.259. The smallest absolute Gasteiger partial charge is 0.316 e. The Kier molecular flexibility index (Phi) is 4.33. The molecule has 7 heteroatoms. The summed E-state index contributed by atoms with van der Waals surface area (Å²) in [5, 5.41) is 2.52. The molecule has 0 bridgehead atoms. The maximum Gasteiger partial charge on any atom is 0.316 e. The Morgan fingerprint density at radius 2 is 2.04 bits per heavy atom. The van der Waals surface area contributed by atoms with Crippen LogP contribution in [-0.4, -0.2) is 21.0 Å². The molecule has 0 aliphatic heterocycles. The number of nitrogens with one attached hydrogen (secondary N) is 1. The average molecular weight is 321 g/mol. The molecule has 0 radical (unpaired) electrons. The van der Waals surface area contributed by atoms with Crippen LogP contribution in [-0.2, 0) is 0 Å². The molecule has 2 aromatic heterocycles. The number of anilines is 1. The number of carbonyl (C=O) groups excluding carboxylic acids is 1. The minimum absolute atomic E-state index is 0.440. The number of pyridine rings is 1. The van der Waals surface area contributed by atoms with Gasteiger partial charge in [0.05, 0.1) is 11.3 Å². The number of hydrogen-bond acceptors (Lipinski definition) is 5. The van der Waals surface area contributed by atoms with Crippen LogP contribution in [0.5, 0.6) is 11.6 Å². The number of urea groups is 1. The second-order valence-corrected chi connectivity index (χ2v) is 5.02. The first kappa shape index (κ1) is 15.4. The van der Waals surface area contributed by atoms with Gasteiger partial charge in [0.1, 0.15) is 12.1 Å². The zero-order valence-corrected chi connectivity index (χ0v) is 12.9. The lowest BCUT2D eigenvalue weighted by Gasteiger charge is -2.12.